The molecule has 7 heteroatoms. The van der Waals surface area contributed by atoms with E-state index in [9.17, 15) is 9.59 Å². The average molecular weight is 377 g/mol. The predicted octanol–water partition coefficient (Wildman–Crippen LogP) is 2.60. The Bertz CT molecular complexity index is 809. The Balaban J connectivity index is 2.00. The number of hydrogen-bond donors (Lipinski definition) is 2. The third kappa shape index (κ3) is 5.50. The van der Waals surface area contributed by atoms with Crippen LogP contribution in [0.5, 0.6) is 0 Å². The van der Waals surface area contributed by atoms with E-state index < -0.39 is 18.0 Å². The number of amides is 2. The van der Waals surface area contributed by atoms with Crippen LogP contribution in [0.1, 0.15) is 15.9 Å². The number of ether oxygens (including phenoxy) is 1. The first-order chi connectivity index (χ1) is 12.0. The number of carbonyl (C=O) groups excluding carboxylic acids is 2. The summed E-state index contributed by atoms with van der Waals surface area (Å²) in [4.78, 5) is 23.7. The van der Waals surface area contributed by atoms with Crippen molar-refractivity contribution in [3.63, 3.8) is 0 Å². The lowest BCUT2D eigenvalue weighted by Gasteiger charge is -2.15. The lowest BCUT2D eigenvalue weighted by Crippen LogP contribution is -2.46. The van der Waals surface area contributed by atoms with Gasteiger partial charge in [-0.15, -0.1) is 0 Å². The molecule has 2 amide bonds. The van der Waals surface area contributed by atoms with Crippen LogP contribution >= 0.6 is 23.2 Å². The Morgan fingerprint density at radius 1 is 1.08 bits per heavy atom. The number of carbonyl (C=O) groups is 2. The Morgan fingerprint density at radius 2 is 1.72 bits per heavy atom. The van der Waals surface area contributed by atoms with E-state index in [1.165, 1.54) is 12.1 Å². The second kappa shape index (κ2) is 9.09. The van der Waals surface area contributed by atoms with Crippen LogP contribution in [0.25, 0.3) is 0 Å². The summed E-state index contributed by atoms with van der Waals surface area (Å²) >= 11 is 11.9. The number of primary amides is 1. The minimum atomic E-state index is -1.36. The highest BCUT2D eigenvalue weighted by Gasteiger charge is 2.22. The van der Waals surface area contributed by atoms with Crippen molar-refractivity contribution in [3.05, 3.63) is 69.7 Å². The minimum Gasteiger partial charge on any atom is -0.366 e. The van der Waals surface area contributed by atoms with Gasteiger partial charge in [-0.05, 0) is 24.3 Å². The van der Waals surface area contributed by atoms with Gasteiger partial charge < -0.3 is 15.8 Å². The molecular formula is C18H14Cl2N2O3. The summed E-state index contributed by atoms with van der Waals surface area (Å²) in [5.74, 6) is 4.07. The van der Waals surface area contributed by atoms with E-state index in [0.717, 1.165) is 5.56 Å². The first kappa shape index (κ1) is 18.8. The molecule has 1 atom stereocenters. The largest absolute Gasteiger partial charge is 0.366 e. The number of hydrogen-bond acceptors (Lipinski definition) is 3. The van der Waals surface area contributed by atoms with Crippen LogP contribution in [-0.2, 0) is 9.53 Å². The van der Waals surface area contributed by atoms with Crippen LogP contribution in [0.2, 0.25) is 10.0 Å². The standard InChI is InChI=1S/C18H14Cl2N2O3/c19-13-9-4-10-14(20)15(13)17(24)22-18(16(21)23)25-11-5-8-12-6-2-1-3-7-12/h1-4,6-7,9-10,18H,11H2,(H2,21,23)(H,22,24). The molecule has 0 heterocycles. The molecule has 25 heavy (non-hydrogen) atoms. The smallest absolute Gasteiger partial charge is 0.267 e. The van der Waals surface area contributed by atoms with E-state index in [1.807, 2.05) is 30.3 Å². The van der Waals surface area contributed by atoms with Crippen molar-refractivity contribution >= 4 is 35.0 Å². The summed E-state index contributed by atoms with van der Waals surface area (Å²) in [5.41, 5.74) is 6.08. The fourth-order valence-corrected chi connectivity index (χ4v) is 2.45. The van der Waals surface area contributed by atoms with E-state index in [1.54, 1.807) is 6.07 Å². The summed E-state index contributed by atoms with van der Waals surface area (Å²) in [6, 6.07) is 13.9. The lowest BCUT2D eigenvalue weighted by atomic mass is 10.2. The molecule has 0 aromatic heterocycles. The van der Waals surface area contributed by atoms with E-state index in [2.05, 4.69) is 17.2 Å². The fraction of sp³-hybridized carbons (Fsp3) is 0.111. The highest BCUT2D eigenvalue weighted by Crippen LogP contribution is 2.24. The minimum absolute atomic E-state index is 0.0380. The first-order valence-corrected chi connectivity index (χ1v) is 7.94. The van der Waals surface area contributed by atoms with Gasteiger partial charge in [0.2, 0.25) is 6.23 Å². The molecule has 0 fully saturated rings. The summed E-state index contributed by atoms with van der Waals surface area (Å²) < 4.78 is 5.23. The number of nitrogens with one attached hydrogen (secondary N) is 1. The molecule has 1 unspecified atom stereocenters. The average Bonchev–Trinajstić information content (AvgIpc) is 2.58. The maximum absolute atomic E-state index is 12.3. The molecule has 2 aromatic carbocycles. The van der Waals surface area contributed by atoms with Crippen LogP contribution in [0.15, 0.2) is 48.5 Å². The van der Waals surface area contributed by atoms with Gasteiger partial charge in [0.1, 0.15) is 6.61 Å². The van der Waals surface area contributed by atoms with Crippen molar-refractivity contribution in [1.29, 1.82) is 0 Å². The van der Waals surface area contributed by atoms with Crippen LogP contribution < -0.4 is 11.1 Å². The van der Waals surface area contributed by atoms with Gasteiger partial charge >= 0.3 is 0 Å². The van der Waals surface area contributed by atoms with Crippen molar-refractivity contribution in [2.75, 3.05) is 6.61 Å². The van der Waals surface area contributed by atoms with Crippen molar-refractivity contribution < 1.29 is 14.3 Å². The second-order valence-corrected chi connectivity index (χ2v) is 5.65. The van der Waals surface area contributed by atoms with Gasteiger partial charge in [-0.3, -0.25) is 9.59 Å². The number of benzene rings is 2. The molecule has 5 nitrogen and oxygen atoms in total. The van der Waals surface area contributed by atoms with Gasteiger partial charge in [0.25, 0.3) is 11.8 Å². The number of nitrogens with two attached hydrogens (primary N) is 1. The van der Waals surface area contributed by atoms with E-state index in [0.29, 0.717) is 0 Å². The van der Waals surface area contributed by atoms with Gasteiger partial charge in [0.05, 0.1) is 15.6 Å². The van der Waals surface area contributed by atoms with Gasteiger partial charge in [-0.1, -0.05) is 59.3 Å². The topological polar surface area (TPSA) is 81.4 Å². The number of rotatable bonds is 5. The Kier molecular flexibility index (Phi) is 6.84. The molecule has 0 aliphatic rings. The van der Waals surface area contributed by atoms with Crippen LogP contribution in [0, 0.1) is 11.8 Å². The van der Waals surface area contributed by atoms with Crippen molar-refractivity contribution in [3.8, 4) is 11.8 Å². The van der Waals surface area contributed by atoms with Crippen molar-refractivity contribution in [2.45, 2.75) is 6.23 Å². The molecular weight excluding hydrogens is 363 g/mol. The molecule has 0 saturated heterocycles. The maximum Gasteiger partial charge on any atom is 0.267 e. The molecule has 2 aromatic rings. The highest BCUT2D eigenvalue weighted by molar-refractivity contribution is 6.39. The molecule has 0 bridgehead atoms. The van der Waals surface area contributed by atoms with Gasteiger partial charge in [0, 0.05) is 5.56 Å². The maximum atomic E-state index is 12.3. The molecule has 2 rings (SSSR count). The van der Waals surface area contributed by atoms with E-state index >= 15 is 0 Å². The van der Waals surface area contributed by atoms with Gasteiger partial charge in [0.15, 0.2) is 0 Å². The number of halogens is 2. The molecule has 128 valence electrons. The summed E-state index contributed by atoms with van der Waals surface area (Å²) in [6.45, 7) is -0.0982. The Morgan fingerprint density at radius 3 is 2.32 bits per heavy atom. The normalized spacial score (nSPS) is 11.1. The predicted molar refractivity (Wildman–Crippen MR) is 96.2 cm³/mol. The van der Waals surface area contributed by atoms with Gasteiger partial charge in [-0.2, -0.15) is 0 Å². The quantitative estimate of drug-likeness (QED) is 0.621. The van der Waals surface area contributed by atoms with Crippen LogP contribution in [0.3, 0.4) is 0 Å². The zero-order chi connectivity index (χ0) is 18.2. The van der Waals surface area contributed by atoms with Gasteiger partial charge in [-0.25, -0.2) is 0 Å². The second-order valence-electron chi connectivity index (χ2n) is 4.83. The highest BCUT2D eigenvalue weighted by atomic mass is 35.5. The zero-order valence-corrected chi connectivity index (χ0v) is 14.5. The third-order valence-corrected chi connectivity index (χ3v) is 3.67. The summed E-state index contributed by atoms with van der Waals surface area (Å²) in [5, 5.41) is 2.64. The molecule has 0 radical (unpaired) electrons. The summed E-state index contributed by atoms with van der Waals surface area (Å²) in [7, 11) is 0. The van der Waals surface area contributed by atoms with Crippen molar-refractivity contribution in [1.82, 2.24) is 5.32 Å². The third-order valence-electron chi connectivity index (χ3n) is 3.04. The first-order valence-electron chi connectivity index (χ1n) is 7.18. The Hall–Kier alpha value is -2.52. The SMILES string of the molecule is NC(=O)C(NC(=O)c1c(Cl)cccc1Cl)OCC#Cc1ccccc1. The molecule has 0 aliphatic heterocycles. The molecule has 3 N–H and O–H groups in total. The molecule has 0 aliphatic carbocycles. The lowest BCUT2D eigenvalue weighted by molar-refractivity contribution is -0.129. The zero-order valence-electron chi connectivity index (χ0n) is 13.0. The monoisotopic (exact) mass is 376 g/mol. The van der Waals surface area contributed by atoms with Crippen LogP contribution in [-0.4, -0.2) is 24.6 Å². The molecule has 0 spiro atoms. The summed E-state index contributed by atoms with van der Waals surface area (Å²) in [6.07, 6.45) is -1.36. The Labute approximate surface area is 155 Å². The molecule has 0 saturated carbocycles. The van der Waals surface area contributed by atoms with Crippen molar-refractivity contribution in [2.24, 2.45) is 5.73 Å². The van der Waals surface area contributed by atoms with Crippen LogP contribution in [0.4, 0.5) is 0 Å². The van der Waals surface area contributed by atoms with E-state index in [-0.39, 0.29) is 22.2 Å². The van der Waals surface area contributed by atoms with E-state index in [4.69, 9.17) is 33.7 Å². The fourth-order valence-electron chi connectivity index (χ4n) is 1.89.